The molecule has 1 aliphatic rings. The number of hydrogen-bond acceptors (Lipinski definition) is 4. The van der Waals surface area contributed by atoms with E-state index < -0.39 is 24.4 Å². The van der Waals surface area contributed by atoms with Crippen molar-refractivity contribution in [3.05, 3.63) is 0 Å². The summed E-state index contributed by atoms with van der Waals surface area (Å²) < 4.78 is 0. The number of piperidine rings is 1. The fraction of sp³-hybridized carbons (Fsp3) is 0.700. The second-order valence-electron chi connectivity index (χ2n) is 4.02. The molecule has 0 aromatic heterocycles. The SMILES string of the molecule is O=C(O)CC(NC(=O)C1CCNCC1)C(=O)O. The molecule has 7 nitrogen and oxygen atoms in total. The van der Waals surface area contributed by atoms with Gasteiger partial charge in [0.25, 0.3) is 0 Å². The van der Waals surface area contributed by atoms with E-state index in [1.165, 1.54) is 0 Å². The van der Waals surface area contributed by atoms with Gasteiger partial charge in [-0.2, -0.15) is 0 Å². The molecule has 1 fully saturated rings. The lowest BCUT2D eigenvalue weighted by Crippen LogP contribution is -2.46. The molecule has 0 bridgehead atoms. The zero-order chi connectivity index (χ0) is 12.8. The highest BCUT2D eigenvalue weighted by Gasteiger charge is 2.27. The minimum absolute atomic E-state index is 0.230. The molecule has 1 rings (SSSR count). The Balaban J connectivity index is 2.50. The fourth-order valence-corrected chi connectivity index (χ4v) is 1.75. The Bertz CT molecular complexity index is 312. The number of aliphatic carboxylic acids is 2. The smallest absolute Gasteiger partial charge is 0.326 e. The zero-order valence-electron chi connectivity index (χ0n) is 9.31. The summed E-state index contributed by atoms with van der Waals surface area (Å²) in [6, 6.07) is -1.35. The van der Waals surface area contributed by atoms with Crippen molar-refractivity contribution in [3.63, 3.8) is 0 Å². The Hall–Kier alpha value is -1.63. The first-order valence-corrected chi connectivity index (χ1v) is 5.46. The first-order chi connectivity index (χ1) is 8.00. The van der Waals surface area contributed by atoms with E-state index in [2.05, 4.69) is 10.6 Å². The normalized spacial score (nSPS) is 18.4. The molecule has 17 heavy (non-hydrogen) atoms. The molecule has 1 saturated heterocycles. The van der Waals surface area contributed by atoms with Gasteiger partial charge in [0.05, 0.1) is 6.42 Å². The van der Waals surface area contributed by atoms with Crippen molar-refractivity contribution < 1.29 is 24.6 Å². The van der Waals surface area contributed by atoms with Gasteiger partial charge in [0.2, 0.25) is 5.91 Å². The predicted octanol–water partition coefficient (Wildman–Crippen LogP) is -0.970. The molecule has 0 radical (unpaired) electrons. The minimum Gasteiger partial charge on any atom is -0.481 e. The second-order valence-corrected chi connectivity index (χ2v) is 4.02. The summed E-state index contributed by atoms with van der Waals surface area (Å²) >= 11 is 0. The van der Waals surface area contributed by atoms with Crippen LogP contribution in [0.25, 0.3) is 0 Å². The van der Waals surface area contributed by atoms with Crippen molar-refractivity contribution in [2.75, 3.05) is 13.1 Å². The summed E-state index contributed by atoms with van der Waals surface area (Å²) in [4.78, 5) is 32.9. The lowest BCUT2D eigenvalue weighted by Gasteiger charge is -2.23. The van der Waals surface area contributed by atoms with E-state index >= 15 is 0 Å². The molecule has 0 aromatic carbocycles. The van der Waals surface area contributed by atoms with E-state index in [4.69, 9.17) is 10.2 Å². The number of carbonyl (C=O) groups is 3. The highest BCUT2D eigenvalue weighted by atomic mass is 16.4. The molecule has 1 unspecified atom stereocenters. The quantitative estimate of drug-likeness (QED) is 0.494. The molecule has 1 aliphatic heterocycles. The van der Waals surface area contributed by atoms with E-state index in [0.29, 0.717) is 12.8 Å². The Kier molecular flexibility index (Phi) is 4.89. The van der Waals surface area contributed by atoms with Gasteiger partial charge < -0.3 is 20.8 Å². The third kappa shape index (κ3) is 4.39. The number of carboxylic acid groups (broad SMARTS) is 2. The van der Waals surface area contributed by atoms with Crippen molar-refractivity contribution >= 4 is 17.8 Å². The van der Waals surface area contributed by atoms with Crippen molar-refractivity contribution in [1.29, 1.82) is 0 Å². The number of carboxylic acids is 2. The topological polar surface area (TPSA) is 116 Å². The predicted molar refractivity (Wildman–Crippen MR) is 57.4 cm³/mol. The third-order valence-corrected chi connectivity index (χ3v) is 2.70. The Morgan fingerprint density at radius 3 is 2.29 bits per heavy atom. The van der Waals surface area contributed by atoms with E-state index in [0.717, 1.165) is 13.1 Å². The zero-order valence-corrected chi connectivity index (χ0v) is 9.31. The average molecular weight is 244 g/mol. The van der Waals surface area contributed by atoms with Gasteiger partial charge in [-0.25, -0.2) is 4.79 Å². The lowest BCUT2D eigenvalue weighted by molar-refractivity contribution is -0.147. The van der Waals surface area contributed by atoms with Crippen LogP contribution in [0, 0.1) is 5.92 Å². The monoisotopic (exact) mass is 244 g/mol. The molecule has 0 saturated carbocycles. The molecule has 7 heteroatoms. The highest BCUT2D eigenvalue weighted by Crippen LogP contribution is 2.12. The molecular weight excluding hydrogens is 228 g/mol. The minimum atomic E-state index is -1.35. The highest BCUT2D eigenvalue weighted by molar-refractivity contribution is 5.87. The van der Waals surface area contributed by atoms with Crippen LogP contribution in [0.1, 0.15) is 19.3 Å². The van der Waals surface area contributed by atoms with Gasteiger partial charge in [0, 0.05) is 5.92 Å². The second kappa shape index (κ2) is 6.19. The third-order valence-electron chi connectivity index (χ3n) is 2.70. The Labute approximate surface area is 98.2 Å². The number of nitrogens with one attached hydrogen (secondary N) is 2. The largest absolute Gasteiger partial charge is 0.481 e. The van der Waals surface area contributed by atoms with Gasteiger partial charge >= 0.3 is 11.9 Å². The fourth-order valence-electron chi connectivity index (χ4n) is 1.75. The van der Waals surface area contributed by atoms with Crippen LogP contribution < -0.4 is 10.6 Å². The van der Waals surface area contributed by atoms with E-state index in [-0.39, 0.29) is 11.8 Å². The Morgan fingerprint density at radius 1 is 1.24 bits per heavy atom. The van der Waals surface area contributed by atoms with E-state index in [1.807, 2.05) is 0 Å². The molecule has 1 heterocycles. The van der Waals surface area contributed by atoms with Crippen LogP contribution in [0.5, 0.6) is 0 Å². The number of hydrogen-bond donors (Lipinski definition) is 4. The number of carbonyl (C=O) groups excluding carboxylic acids is 1. The maximum Gasteiger partial charge on any atom is 0.326 e. The Morgan fingerprint density at radius 2 is 1.82 bits per heavy atom. The van der Waals surface area contributed by atoms with Crippen LogP contribution in [0.3, 0.4) is 0 Å². The molecule has 4 N–H and O–H groups in total. The van der Waals surface area contributed by atoms with Gasteiger partial charge in [0.15, 0.2) is 0 Å². The summed E-state index contributed by atoms with van der Waals surface area (Å²) in [7, 11) is 0. The van der Waals surface area contributed by atoms with Crippen LogP contribution in [0.2, 0.25) is 0 Å². The van der Waals surface area contributed by atoms with E-state index in [1.54, 1.807) is 0 Å². The van der Waals surface area contributed by atoms with Gasteiger partial charge in [-0.15, -0.1) is 0 Å². The molecular formula is C10H16N2O5. The first kappa shape index (κ1) is 13.4. The summed E-state index contributed by atoms with van der Waals surface area (Å²) in [5, 5.41) is 22.7. The van der Waals surface area contributed by atoms with Crippen molar-refractivity contribution in [1.82, 2.24) is 10.6 Å². The van der Waals surface area contributed by atoms with Crippen molar-refractivity contribution in [3.8, 4) is 0 Å². The van der Waals surface area contributed by atoms with Crippen molar-refractivity contribution in [2.24, 2.45) is 5.92 Å². The molecule has 0 aromatic rings. The number of rotatable bonds is 5. The maximum atomic E-state index is 11.7. The van der Waals surface area contributed by atoms with Crippen LogP contribution in [0.4, 0.5) is 0 Å². The van der Waals surface area contributed by atoms with Gasteiger partial charge in [-0.3, -0.25) is 9.59 Å². The molecule has 0 spiro atoms. The first-order valence-electron chi connectivity index (χ1n) is 5.46. The maximum absolute atomic E-state index is 11.7. The molecule has 1 amide bonds. The standard InChI is InChI=1S/C10H16N2O5/c13-8(14)5-7(10(16)17)12-9(15)6-1-3-11-4-2-6/h6-7,11H,1-5H2,(H,12,15)(H,13,14)(H,16,17). The summed E-state index contributed by atoms with van der Waals surface area (Å²) in [6.45, 7) is 1.43. The van der Waals surface area contributed by atoms with E-state index in [9.17, 15) is 14.4 Å². The van der Waals surface area contributed by atoms with Gasteiger partial charge in [-0.05, 0) is 25.9 Å². The summed E-state index contributed by atoms with van der Waals surface area (Å²) in [6.07, 6.45) is 0.683. The summed E-state index contributed by atoms with van der Waals surface area (Å²) in [5.74, 6) is -3.18. The van der Waals surface area contributed by atoms with Crippen LogP contribution >= 0.6 is 0 Å². The molecule has 96 valence electrons. The van der Waals surface area contributed by atoms with Crippen LogP contribution in [0.15, 0.2) is 0 Å². The average Bonchev–Trinajstić information content (AvgIpc) is 2.28. The van der Waals surface area contributed by atoms with Gasteiger partial charge in [-0.1, -0.05) is 0 Å². The molecule has 0 aliphatic carbocycles. The van der Waals surface area contributed by atoms with Crippen LogP contribution in [-0.2, 0) is 14.4 Å². The molecule has 1 atom stereocenters. The van der Waals surface area contributed by atoms with Gasteiger partial charge in [0.1, 0.15) is 6.04 Å². The van der Waals surface area contributed by atoms with Crippen LogP contribution in [-0.4, -0.2) is 47.2 Å². The van der Waals surface area contributed by atoms with Crippen molar-refractivity contribution in [2.45, 2.75) is 25.3 Å². The lowest BCUT2D eigenvalue weighted by atomic mass is 9.97. The number of amides is 1. The summed E-state index contributed by atoms with van der Waals surface area (Å²) in [5.41, 5.74) is 0.